The molecule has 128 valence electrons. The van der Waals surface area contributed by atoms with Crippen LogP contribution in [-0.2, 0) is 22.4 Å². The number of aliphatic carboxylic acids is 1. The maximum atomic E-state index is 12.1. The number of carboxylic acid groups (broad SMARTS) is 1. The maximum absolute atomic E-state index is 12.1. The van der Waals surface area contributed by atoms with E-state index >= 15 is 0 Å². The highest BCUT2D eigenvalue weighted by Crippen LogP contribution is 2.24. The highest BCUT2D eigenvalue weighted by Gasteiger charge is 2.23. The number of hydrogen-bond donors (Lipinski definition) is 2. The Bertz CT molecular complexity index is 707. The van der Waals surface area contributed by atoms with Gasteiger partial charge in [-0.15, -0.1) is 11.3 Å². The molecule has 24 heavy (non-hydrogen) atoms. The third kappa shape index (κ3) is 4.64. The van der Waals surface area contributed by atoms with Gasteiger partial charge in [-0.25, -0.2) is 9.78 Å². The zero-order valence-corrected chi connectivity index (χ0v) is 14.9. The molecule has 0 aliphatic rings. The van der Waals surface area contributed by atoms with Crippen molar-refractivity contribution < 1.29 is 14.7 Å². The Kier molecular flexibility index (Phi) is 6.09. The predicted molar refractivity (Wildman–Crippen MR) is 95.0 cm³/mol. The number of carboxylic acids is 1. The summed E-state index contributed by atoms with van der Waals surface area (Å²) in [5.41, 5.74) is 2.94. The Hall–Kier alpha value is -2.21. The van der Waals surface area contributed by atoms with Gasteiger partial charge in [0.1, 0.15) is 11.0 Å². The third-order valence-corrected chi connectivity index (χ3v) is 4.69. The van der Waals surface area contributed by atoms with E-state index in [9.17, 15) is 9.59 Å². The average Bonchev–Trinajstić information content (AvgIpc) is 3.00. The van der Waals surface area contributed by atoms with Crippen LogP contribution in [0.5, 0.6) is 0 Å². The Balaban J connectivity index is 2.02. The van der Waals surface area contributed by atoms with Crippen molar-refractivity contribution in [1.82, 2.24) is 10.3 Å². The van der Waals surface area contributed by atoms with Crippen molar-refractivity contribution in [2.45, 2.75) is 39.7 Å². The van der Waals surface area contributed by atoms with E-state index in [1.54, 1.807) is 13.8 Å². The fourth-order valence-corrected chi connectivity index (χ4v) is 3.13. The summed E-state index contributed by atoms with van der Waals surface area (Å²) in [6.07, 6.45) is 1.07. The van der Waals surface area contributed by atoms with Crippen LogP contribution in [0.25, 0.3) is 10.6 Å². The lowest BCUT2D eigenvalue weighted by atomic mass is 10.0. The first-order valence-electron chi connectivity index (χ1n) is 7.96. The lowest BCUT2D eigenvalue weighted by Crippen LogP contribution is -2.44. The van der Waals surface area contributed by atoms with Gasteiger partial charge in [0.05, 0.1) is 12.1 Å². The smallest absolute Gasteiger partial charge is 0.326 e. The monoisotopic (exact) mass is 346 g/mol. The molecule has 0 unspecified atom stereocenters. The predicted octanol–water partition coefficient (Wildman–Crippen LogP) is 3.14. The molecule has 1 amide bonds. The summed E-state index contributed by atoms with van der Waals surface area (Å²) in [5.74, 6) is -1.52. The molecule has 0 spiro atoms. The quantitative estimate of drug-likeness (QED) is 0.807. The minimum atomic E-state index is -1.02. The van der Waals surface area contributed by atoms with Crippen LogP contribution in [0.3, 0.4) is 0 Å². The minimum absolute atomic E-state index is 0.0834. The van der Waals surface area contributed by atoms with E-state index in [1.165, 1.54) is 16.9 Å². The van der Waals surface area contributed by atoms with Crippen LogP contribution in [0.2, 0.25) is 0 Å². The van der Waals surface area contributed by atoms with Crippen molar-refractivity contribution in [3.63, 3.8) is 0 Å². The highest BCUT2D eigenvalue weighted by molar-refractivity contribution is 7.13. The van der Waals surface area contributed by atoms with Gasteiger partial charge in [0.25, 0.3) is 0 Å². The van der Waals surface area contributed by atoms with E-state index in [1.807, 2.05) is 17.5 Å². The van der Waals surface area contributed by atoms with Crippen LogP contribution in [0.15, 0.2) is 29.6 Å². The van der Waals surface area contributed by atoms with Gasteiger partial charge in [0.2, 0.25) is 5.91 Å². The second kappa shape index (κ2) is 8.06. The van der Waals surface area contributed by atoms with E-state index in [2.05, 4.69) is 29.4 Å². The summed E-state index contributed by atoms with van der Waals surface area (Å²) in [7, 11) is 0. The van der Waals surface area contributed by atoms with E-state index in [0.29, 0.717) is 5.69 Å². The largest absolute Gasteiger partial charge is 0.480 e. The molecule has 1 heterocycles. The fourth-order valence-electron chi connectivity index (χ4n) is 2.31. The molecule has 5 nitrogen and oxygen atoms in total. The molecule has 2 aromatic rings. The zero-order chi connectivity index (χ0) is 17.7. The molecule has 0 saturated carbocycles. The summed E-state index contributed by atoms with van der Waals surface area (Å²) in [6, 6.07) is 7.32. The molecule has 2 N–H and O–H groups in total. The number of thiazole rings is 1. The first kappa shape index (κ1) is 18.1. The van der Waals surface area contributed by atoms with Gasteiger partial charge in [-0.2, -0.15) is 0 Å². The number of hydrogen-bond acceptors (Lipinski definition) is 4. The summed E-state index contributed by atoms with van der Waals surface area (Å²) >= 11 is 1.48. The molecular formula is C18H22N2O3S. The average molecular weight is 346 g/mol. The standard InChI is InChI=1S/C18H22N2O3S/c1-4-12-5-7-13(8-6-12)17-19-14(10-24-17)9-15(21)20-16(11(2)3)18(22)23/h5-8,10-11,16H,4,9H2,1-3H3,(H,20,21)(H,22,23)/t16-/m1/s1. The van der Waals surface area contributed by atoms with Gasteiger partial charge in [-0.05, 0) is 17.9 Å². The SMILES string of the molecule is CCc1ccc(-c2nc(CC(=O)N[C@@H](C(=O)O)C(C)C)cs2)cc1. The molecule has 0 fully saturated rings. The third-order valence-electron chi connectivity index (χ3n) is 3.75. The van der Waals surface area contributed by atoms with Crippen LogP contribution in [0.4, 0.5) is 0 Å². The van der Waals surface area contributed by atoms with Crippen LogP contribution in [0.1, 0.15) is 32.0 Å². The molecule has 0 aliphatic carbocycles. The van der Waals surface area contributed by atoms with Crippen LogP contribution in [-0.4, -0.2) is 28.0 Å². The Morgan fingerprint density at radius 2 is 1.92 bits per heavy atom. The molecule has 1 aromatic carbocycles. The second-order valence-electron chi connectivity index (χ2n) is 6.00. The number of aryl methyl sites for hydroxylation is 1. The number of nitrogens with one attached hydrogen (secondary N) is 1. The van der Waals surface area contributed by atoms with Gasteiger partial charge >= 0.3 is 5.97 Å². The summed E-state index contributed by atoms with van der Waals surface area (Å²) in [4.78, 5) is 27.7. The lowest BCUT2D eigenvalue weighted by Gasteiger charge is -2.17. The van der Waals surface area contributed by atoms with Crippen molar-refractivity contribution in [3.8, 4) is 10.6 Å². The van der Waals surface area contributed by atoms with Crippen molar-refractivity contribution >= 4 is 23.2 Å². The van der Waals surface area contributed by atoms with Gasteiger partial charge in [-0.3, -0.25) is 4.79 Å². The van der Waals surface area contributed by atoms with E-state index < -0.39 is 12.0 Å². The summed E-state index contributed by atoms with van der Waals surface area (Å²) < 4.78 is 0. The van der Waals surface area contributed by atoms with Crippen LogP contribution in [0, 0.1) is 5.92 Å². The summed E-state index contributed by atoms with van der Waals surface area (Å²) in [6.45, 7) is 5.64. The van der Waals surface area contributed by atoms with Crippen LogP contribution >= 0.6 is 11.3 Å². The molecule has 1 atom stereocenters. The molecule has 2 rings (SSSR count). The van der Waals surface area contributed by atoms with Crippen molar-refractivity contribution in [3.05, 3.63) is 40.9 Å². The normalized spacial score (nSPS) is 12.2. The molecule has 0 saturated heterocycles. The van der Waals surface area contributed by atoms with E-state index in [0.717, 1.165) is 17.0 Å². The summed E-state index contributed by atoms with van der Waals surface area (Å²) in [5, 5.41) is 14.4. The van der Waals surface area contributed by atoms with Crippen molar-refractivity contribution in [2.75, 3.05) is 0 Å². The number of carbonyl (C=O) groups is 2. The van der Waals surface area contributed by atoms with Gasteiger partial charge in [0.15, 0.2) is 0 Å². The first-order chi connectivity index (χ1) is 11.4. The molecule has 0 radical (unpaired) electrons. The zero-order valence-electron chi connectivity index (χ0n) is 14.1. The number of aromatic nitrogens is 1. The number of nitrogens with zero attached hydrogens (tertiary/aromatic N) is 1. The molecule has 0 aliphatic heterocycles. The van der Waals surface area contributed by atoms with E-state index in [4.69, 9.17) is 5.11 Å². The number of benzene rings is 1. The second-order valence-corrected chi connectivity index (χ2v) is 6.86. The maximum Gasteiger partial charge on any atom is 0.326 e. The van der Waals surface area contributed by atoms with Crippen LogP contribution < -0.4 is 5.32 Å². The molecule has 1 aromatic heterocycles. The molecule has 6 heteroatoms. The topological polar surface area (TPSA) is 79.3 Å². The minimum Gasteiger partial charge on any atom is -0.480 e. The van der Waals surface area contributed by atoms with Gasteiger partial charge < -0.3 is 10.4 Å². The highest BCUT2D eigenvalue weighted by atomic mass is 32.1. The van der Waals surface area contributed by atoms with Crippen molar-refractivity contribution in [1.29, 1.82) is 0 Å². The van der Waals surface area contributed by atoms with E-state index in [-0.39, 0.29) is 18.2 Å². The van der Waals surface area contributed by atoms with Crippen molar-refractivity contribution in [2.24, 2.45) is 5.92 Å². The molecule has 0 bridgehead atoms. The number of rotatable bonds is 7. The van der Waals surface area contributed by atoms with Gasteiger partial charge in [0, 0.05) is 10.9 Å². The number of amides is 1. The lowest BCUT2D eigenvalue weighted by molar-refractivity contribution is -0.143. The number of carbonyl (C=O) groups excluding carboxylic acids is 1. The Labute approximate surface area is 145 Å². The molecular weight excluding hydrogens is 324 g/mol. The first-order valence-corrected chi connectivity index (χ1v) is 8.84. The fraction of sp³-hybridized carbons (Fsp3) is 0.389. The van der Waals surface area contributed by atoms with Gasteiger partial charge in [-0.1, -0.05) is 45.0 Å². The Morgan fingerprint density at radius 1 is 1.25 bits per heavy atom. The Morgan fingerprint density at radius 3 is 2.46 bits per heavy atom.